The Hall–Kier alpha value is -2.51. The molecule has 0 radical (unpaired) electrons. The third-order valence-corrected chi connectivity index (χ3v) is 5.43. The smallest absolute Gasteiger partial charge is 0.275 e. The second-order valence-corrected chi connectivity index (χ2v) is 8.99. The molecule has 7 heteroatoms. The third-order valence-electron chi connectivity index (χ3n) is 4.35. The molecule has 0 bridgehead atoms. The van der Waals surface area contributed by atoms with Crippen molar-refractivity contribution in [3.8, 4) is 10.4 Å². The molecular weight excluding hydrogens is 372 g/mol. The van der Waals surface area contributed by atoms with Crippen LogP contribution in [0, 0.1) is 0 Å². The van der Waals surface area contributed by atoms with Crippen LogP contribution in [0.15, 0.2) is 41.2 Å². The number of nitrogens with zero attached hydrogens (tertiary/aromatic N) is 1. The zero-order valence-corrected chi connectivity index (χ0v) is 17.6. The number of benzene rings is 1. The van der Waals surface area contributed by atoms with Crippen molar-refractivity contribution >= 4 is 27.5 Å². The maximum absolute atomic E-state index is 12.5. The Morgan fingerprint density at radius 2 is 1.96 bits per heavy atom. The van der Waals surface area contributed by atoms with E-state index in [1.54, 1.807) is 0 Å². The van der Waals surface area contributed by atoms with Gasteiger partial charge in [0, 0.05) is 10.4 Å². The number of thiophene rings is 1. The lowest BCUT2D eigenvalue weighted by Gasteiger charge is -2.22. The van der Waals surface area contributed by atoms with E-state index in [0.29, 0.717) is 24.3 Å². The van der Waals surface area contributed by atoms with E-state index in [4.69, 9.17) is 0 Å². The first kappa shape index (κ1) is 20.2. The Kier molecular flexibility index (Phi) is 5.96. The first-order valence-corrected chi connectivity index (χ1v) is 10.3. The molecule has 0 fully saturated rings. The summed E-state index contributed by atoms with van der Waals surface area (Å²) in [5, 5.41) is 3.59. The largest absolute Gasteiger partial charge is 0.347 e. The molecule has 0 aliphatic carbocycles. The molecule has 28 heavy (non-hydrogen) atoms. The number of aromatic nitrogens is 2. The third kappa shape index (κ3) is 5.05. The number of carbonyl (C=O) groups excluding carboxylic acids is 1. The average molecular weight is 400 g/mol. The van der Waals surface area contributed by atoms with Gasteiger partial charge in [0.1, 0.15) is 11.4 Å². The number of quaternary nitrogens is 1. The van der Waals surface area contributed by atoms with E-state index < -0.39 is 0 Å². The van der Waals surface area contributed by atoms with Gasteiger partial charge in [-0.1, -0.05) is 30.3 Å². The monoisotopic (exact) mass is 399 g/mol. The minimum atomic E-state index is -0.258. The first-order chi connectivity index (χ1) is 13.2. The number of amides is 1. The van der Waals surface area contributed by atoms with E-state index >= 15 is 0 Å². The minimum Gasteiger partial charge on any atom is -0.347 e. The van der Waals surface area contributed by atoms with Gasteiger partial charge in [0.15, 0.2) is 12.4 Å². The summed E-state index contributed by atoms with van der Waals surface area (Å²) in [7, 11) is 0. The van der Waals surface area contributed by atoms with Crippen LogP contribution in [0.1, 0.15) is 33.5 Å². The van der Waals surface area contributed by atoms with Crippen molar-refractivity contribution in [2.75, 3.05) is 13.1 Å². The van der Waals surface area contributed by atoms with E-state index in [9.17, 15) is 9.59 Å². The Balaban J connectivity index is 1.81. The zero-order valence-electron chi connectivity index (χ0n) is 16.8. The van der Waals surface area contributed by atoms with E-state index in [0.717, 1.165) is 26.7 Å². The highest BCUT2D eigenvalue weighted by atomic mass is 32.1. The molecule has 1 amide bonds. The molecule has 148 valence electrons. The summed E-state index contributed by atoms with van der Waals surface area (Å²) >= 11 is 1.52. The molecule has 0 spiro atoms. The van der Waals surface area contributed by atoms with Gasteiger partial charge >= 0.3 is 0 Å². The van der Waals surface area contributed by atoms with Crippen molar-refractivity contribution in [3.63, 3.8) is 0 Å². The summed E-state index contributed by atoms with van der Waals surface area (Å²) in [5.74, 6) is 0.606. The topological polar surface area (TPSA) is 79.3 Å². The van der Waals surface area contributed by atoms with Crippen LogP contribution in [-0.4, -0.2) is 34.5 Å². The SMILES string of the molecule is CC[NH+](CC(=O)NC(C)(C)C)Cc1nc2sc(-c3ccccc3)cc2c(=O)[nH]1. The van der Waals surface area contributed by atoms with Crippen LogP contribution in [0.3, 0.4) is 0 Å². The zero-order chi connectivity index (χ0) is 20.3. The van der Waals surface area contributed by atoms with Crippen LogP contribution >= 0.6 is 11.3 Å². The summed E-state index contributed by atoms with van der Waals surface area (Å²) < 4.78 is 0. The number of rotatable bonds is 6. The standard InChI is InChI=1S/C21H26N4O2S/c1-5-25(13-18(26)24-21(2,3)4)12-17-22-19(27)15-11-16(28-20(15)23-17)14-9-7-6-8-10-14/h6-11H,5,12-13H2,1-4H3,(H,24,26)(H,22,23,27)/p+1. The Bertz CT molecular complexity index is 1020. The molecule has 3 rings (SSSR count). The lowest BCUT2D eigenvalue weighted by Crippen LogP contribution is -3.11. The van der Waals surface area contributed by atoms with Crippen LogP contribution in [-0.2, 0) is 11.3 Å². The fourth-order valence-electron chi connectivity index (χ4n) is 3.04. The van der Waals surface area contributed by atoms with Gasteiger partial charge in [-0.25, -0.2) is 4.98 Å². The van der Waals surface area contributed by atoms with Crippen LogP contribution in [0.4, 0.5) is 0 Å². The lowest BCUT2D eigenvalue weighted by atomic mass is 10.1. The number of hydrogen-bond donors (Lipinski definition) is 3. The highest BCUT2D eigenvalue weighted by Gasteiger charge is 2.20. The number of H-pyrrole nitrogens is 1. The number of aromatic amines is 1. The first-order valence-electron chi connectivity index (χ1n) is 9.48. The van der Waals surface area contributed by atoms with Gasteiger partial charge in [-0.05, 0) is 39.3 Å². The van der Waals surface area contributed by atoms with Crippen LogP contribution in [0.25, 0.3) is 20.7 Å². The van der Waals surface area contributed by atoms with Gasteiger partial charge in [0.25, 0.3) is 11.5 Å². The summed E-state index contributed by atoms with van der Waals surface area (Å²) in [6.45, 7) is 9.51. The predicted molar refractivity (Wildman–Crippen MR) is 114 cm³/mol. The van der Waals surface area contributed by atoms with Gasteiger partial charge in [-0.3, -0.25) is 9.59 Å². The van der Waals surface area contributed by atoms with Crippen LogP contribution in [0.5, 0.6) is 0 Å². The van der Waals surface area contributed by atoms with Crippen molar-refractivity contribution in [3.05, 3.63) is 52.6 Å². The second-order valence-electron chi connectivity index (χ2n) is 7.96. The predicted octanol–water partition coefficient (Wildman–Crippen LogP) is 1.97. The van der Waals surface area contributed by atoms with Gasteiger partial charge in [-0.2, -0.15) is 0 Å². The number of fused-ring (bicyclic) bond motifs is 1. The highest BCUT2D eigenvalue weighted by molar-refractivity contribution is 7.21. The molecule has 3 aromatic rings. The van der Waals surface area contributed by atoms with E-state index in [1.807, 2.05) is 64.1 Å². The molecule has 0 aliphatic rings. The van der Waals surface area contributed by atoms with Gasteiger partial charge in [0.05, 0.1) is 11.9 Å². The fourth-order valence-corrected chi connectivity index (χ4v) is 4.10. The molecule has 0 saturated carbocycles. The van der Waals surface area contributed by atoms with Crippen molar-refractivity contribution in [1.29, 1.82) is 0 Å². The normalized spacial score (nSPS) is 12.9. The highest BCUT2D eigenvalue weighted by Crippen LogP contribution is 2.30. The number of hydrogen-bond acceptors (Lipinski definition) is 4. The molecule has 1 aromatic carbocycles. The second kappa shape index (κ2) is 8.24. The summed E-state index contributed by atoms with van der Waals surface area (Å²) in [4.78, 5) is 35.1. The molecule has 2 aromatic heterocycles. The van der Waals surface area contributed by atoms with Crippen molar-refractivity contribution in [1.82, 2.24) is 15.3 Å². The average Bonchev–Trinajstić information content (AvgIpc) is 3.05. The lowest BCUT2D eigenvalue weighted by molar-refractivity contribution is -0.904. The Labute approximate surface area is 168 Å². The van der Waals surface area contributed by atoms with Gasteiger partial charge < -0.3 is 15.2 Å². The molecule has 0 aliphatic heterocycles. The summed E-state index contributed by atoms with van der Waals surface area (Å²) in [5.41, 5.74) is 0.686. The quantitative estimate of drug-likeness (QED) is 0.593. The molecule has 6 nitrogen and oxygen atoms in total. The van der Waals surface area contributed by atoms with Gasteiger partial charge in [0.2, 0.25) is 0 Å². The minimum absolute atomic E-state index is 0.00439. The van der Waals surface area contributed by atoms with Crippen molar-refractivity contribution < 1.29 is 9.69 Å². The van der Waals surface area contributed by atoms with Crippen LogP contribution in [0.2, 0.25) is 0 Å². The molecule has 1 atom stereocenters. The molecule has 1 unspecified atom stereocenters. The summed E-state index contributed by atoms with van der Waals surface area (Å²) in [6.07, 6.45) is 0. The van der Waals surface area contributed by atoms with Crippen molar-refractivity contribution in [2.45, 2.75) is 39.8 Å². The Morgan fingerprint density at radius 3 is 2.61 bits per heavy atom. The Morgan fingerprint density at radius 1 is 1.25 bits per heavy atom. The van der Waals surface area contributed by atoms with Crippen molar-refractivity contribution in [2.24, 2.45) is 0 Å². The van der Waals surface area contributed by atoms with Crippen LogP contribution < -0.4 is 15.8 Å². The van der Waals surface area contributed by atoms with Gasteiger partial charge in [-0.15, -0.1) is 11.3 Å². The van der Waals surface area contributed by atoms with E-state index in [2.05, 4.69) is 15.3 Å². The maximum atomic E-state index is 12.5. The van der Waals surface area contributed by atoms with E-state index in [1.165, 1.54) is 11.3 Å². The number of nitrogens with one attached hydrogen (secondary N) is 3. The summed E-state index contributed by atoms with van der Waals surface area (Å²) in [6, 6.07) is 11.9. The molecule has 0 saturated heterocycles. The molecule has 3 N–H and O–H groups in total. The maximum Gasteiger partial charge on any atom is 0.275 e. The fraction of sp³-hybridized carbons (Fsp3) is 0.381. The molecular formula is C21H27N4O2S+. The number of carbonyl (C=O) groups is 1. The van der Waals surface area contributed by atoms with E-state index in [-0.39, 0.29) is 17.0 Å². The molecule has 2 heterocycles. The number of likely N-dealkylation sites (N-methyl/N-ethyl adjacent to an activating group) is 1.